The molecule has 1 aliphatic rings. The summed E-state index contributed by atoms with van der Waals surface area (Å²) in [6.45, 7) is 0.840. The SMILES string of the molecule is O=C(Cc1ccc(F)cc1F)N1CCOCC1CO. The first-order chi connectivity index (χ1) is 9.11. The molecule has 0 aliphatic carbocycles. The van der Waals surface area contributed by atoms with Crippen molar-refractivity contribution in [2.75, 3.05) is 26.4 Å². The van der Waals surface area contributed by atoms with E-state index in [1.165, 1.54) is 11.0 Å². The lowest BCUT2D eigenvalue weighted by Gasteiger charge is -2.34. The number of hydrogen-bond donors (Lipinski definition) is 1. The Kier molecular flexibility index (Phi) is 4.44. The Bertz CT molecular complexity index is 467. The molecule has 1 saturated heterocycles. The molecule has 1 aromatic carbocycles. The molecule has 0 aromatic heterocycles. The lowest BCUT2D eigenvalue weighted by Crippen LogP contribution is -2.51. The Labute approximate surface area is 109 Å². The molecule has 1 heterocycles. The van der Waals surface area contributed by atoms with Crippen molar-refractivity contribution in [3.05, 3.63) is 35.4 Å². The molecule has 1 N–H and O–H groups in total. The minimum absolute atomic E-state index is 0.148. The number of rotatable bonds is 3. The fourth-order valence-electron chi connectivity index (χ4n) is 2.06. The van der Waals surface area contributed by atoms with Gasteiger partial charge in [0, 0.05) is 12.6 Å². The van der Waals surface area contributed by atoms with Gasteiger partial charge >= 0.3 is 0 Å². The standard InChI is InChI=1S/C13H15F2NO3/c14-10-2-1-9(12(15)6-10)5-13(18)16-3-4-19-8-11(16)7-17/h1-2,6,11,17H,3-5,7-8H2. The van der Waals surface area contributed by atoms with Crippen LogP contribution in [0.25, 0.3) is 0 Å². The zero-order chi connectivity index (χ0) is 13.8. The van der Waals surface area contributed by atoms with Crippen LogP contribution in [0.2, 0.25) is 0 Å². The number of halogens is 2. The topological polar surface area (TPSA) is 49.8 Å². The summed E-state index contributed by atoms with van der Waals surface area (Å²) in [7, 11) is 0. The number of carbonyl (C=O) groups excluding carboxylic acids is 1. The van der Waals surface area contributed by atoms with E-state index in [9.17, 15) is 13.6 Å². The van der Waals surface area contributed by atoms with Crippen molar-refractivity contribution in [2.24, 2.45) is 0 Å². The van der Waals surface area contributed by atoms with E-state index in [-0.39, 0.29) is 31.1 Å². The smallest absolute Gasteiger partial charge is 0.227 e. The third-order valence-electron chi connectivity index (χ3n) is 3.12. The highest BCUT2D eigenvalue weighted by molar-refractivity contribution is 5.79. The van der Waals surface area contributed by atoms with Gasteiger partial charge in [-0.1, -0.05) is 6.07 Å². The summed E-state index contributed by atoms with van der Waals surface area (Å²) in [5, 5.41) is 9.17. The van der Waals surface area contributed by atoms with E-state index in [1.54, 1.807) is 0 Å². The van der Waals surface area contributed by atoms with Crippen molar-refractivity contribution >= 4 is 5.91 Å². The molecule has 6 heteroatoms. The average molecular weight is 271 g/mol. The number of benzene rings is 1. The van der Waals surface area contributed by atoms with E-state index in [2.05, 4.69) is 0 Å². The number of nitrogens with zero attached hydrogens (tertiary/aromatic N) is 1. The highest BCUT2D eigenvalue weighted by atomic mass is 19.1. The Hall–Kier alpha value is -1.53. The van der Waals surface area contributed by atoms with Crippen LogP contribution < -0.4 is 0 Å². The van der Waals surface area contributed by atoms with Gasteiger partial charge in [0.1, 0.15) is 11.6 Å². The average Bonchev–Trinajstić information content (AvgIpc) is 2.41. The molecule has 1 aromatic rings. The van der Waals surface area contributed by atoms with Crippen LogP contribution in [0.1, 0.15) is 5.56 Å². The van der Waals surface area contributed by atoms with Gasteiger partial charge < -0.3 is 14.7 Å². The second-order valence-corrected chi connectivity index (χ2v) is 4.41. The third-order valence-corrected chi connectivity index (χ3v) is 3.12. The molecule has 1 atom stereocenters. The number of amides is 1. The maximum absolute atomic E-state index is 13.5. The van der Waals surface area contributed by atoms with Crippen molar-refractivity contribution in [1.82, 2.24) is 4.90 Å². The maximum atomic E-state index is 13.5. The normalized spacial score (nSPS) is 19.5. The van der Waals surface area contributed by atoms with E-state index >= 15 is 0 Å². The van der Waals surface area contributed by atoms with E-state index in [4.69, 9.17) is 9.84 Å². The van der Waals surface area contributed by atoms with Gasteiger partial charge in [-0.2, -0.15) is 0 Å². The second-order valence-electron chi connectivity index (χ2n) is 4.41. The Balaban J connectivity index is 2.07. The van der Waals surface area contributed by atoms with Crippen molar-refractivity contribution in [1.29, 1.82) is 0 Å². The predicted molar refractivity (Wildman–Crippen MR) is 63.5 cm³/mol. The van der Waals surface area contributed by atoms with Gasteiger partial charge in [-0.05, 0) is 11.6 Å². The Morgan fingerprint density at radius 2 is 2.26 bits per heavy atom. The number of carbonyl (C=O) groups is 1. The van der Waals surface area contributed by atoms with Crippen LogP contribution in [0, 0.1) is 11.6 Å². The minimum atomic E-state index is -0.734. The van der Waals surface area contributed by atoms with E-state index in [0.717, 1.165) is 12.1 Å². The highest BCUT2D eigenvalue weighted by Gasteiger charge is 2.27. The molecular weight excluding hydrogens is 256 g/mol. The van der Waals surface area contributed by atoms with Crippen LogP contribution in [0.5, 0.6) is 0 Å². The predicted octanol–water partition coefficient (Wildman–Crippen LogP) is 0.727. The van der Waals surface area contributed by atoms with Gasteiger partial charge in [-0.15, -0.1) is 0 Å². The van der Waals surface area contributed by atoms with Gasteiger partial charge in [-0.25, -0.2) is 8.78 Å². The Morgan fingerprint density at radius 1 is 1.47 bits per heavy atom. The molecule has 0 radical (unpaired) electrons. The van der Waals surface area contributed by atoms with E-state index in [1.807, 2.05) is 0 Å². The largest absolute Gasteiger partial charge is 0.394 e. The molecule has 0 saturated carbocycles. The second kappa shape index (κ2) is 6.08. The molecule has 1 fully saturated rings. The number of ether oxygens (including phenoxy) is 1. The molecule has 1 aliphatic heterocycles. The highest BCUT2D eigenvalue weighted by Crippen LogP contribution is 2.14. The number of hydrogen-bond acceptors (Lipinski definition) is 3. The third kappa shape index (κ3) is 3.27. The van der Waals surface area contributed by atoms with Gasteiger partial charge in [0.2, 0.25) is 5.91 Å². The quantitative estimate of drug-likeness (QED) is 0.881. The summed E-state index contributed by atoms with van der Waals surface area (Å²) in [5.41, 5.74) is 0.148. The van der Waals surface area contributed by atoms with Crippen LogP contribution in [-0.2, 0) is 16.0 Å². The van der Waals surface area contributed by atoms with Gasteiger partial charge in [0.25, 0.3) is 0 Å². The van der Waals surface area contributed by atoms with E-state index in [0.29, 0.717) is 13.2 Å². The molecule has 0 spiro atoms. The number of morpholine rings is 1. The molecule has 19 heavy (non-hydrogen) atoms. The number of aliphatic hydroxyl groups is 1. The van der Waals surface area contributed by atoms with Crippen molar-refractivity contribution < 1.29 is 23.4 Å². The fourth-order valence-corrected chi connectivity index (χ4v) is 2.06. The van der Waals surface area contributed by atoms with Gasteiger partial charge in [0.15, 0.2) is 0 Å². The molecule has 1 amide bonds. The van der Waals surface area contributed by atoms with Crippen molar-refractivity contribution in [3.8, 4) is 0 Å². The maximum Gasteiger partial charge on any atom is 0.227 e. The summed E-state index contributed by atoms with van der Waals surface area (Å²) >= 11 is 0. The first-order valence-electron chi connectivity index (χ1n) is 6.04. The van der Waals surface area contributed by atoms with Crippen LogP contribution >= 0.6 is 0 Å². The fraction of sp³-hybridized carbons (Fsp3) is 0.462. The zero-order valence-electron chi connectivity index (χ0n) is 10.3. The van der Waals surface area contributed by atoms with Crippen molar-refractivity contribution in [3.63, 3.8) is 0 Å². The van der Waals surface area contributed by atoms with E-state index < -0.39 is 17.7 Å². The molecular formula is C13H15F2NO3. The number of aliphatic hydroxyl groups excluding tert-OH is 1. The molecule has 104 valence electrons. The van der Waals surface area contributed by atoms with Gasteiger partial charge in [0.05, 0.1) is 32.3 Å². The first kappa shape index (κ1) is 13.9. The summed E-state index contributed by atoms with van der Waals surface area (Å²) in [4.78, 5) is 13.6. The lowest BCUT2D eigenvalue weighted by molar-refractivity contribution is -0.140. The molecule has 0 bridgehead atoms. The first-order valence-corrected chi connectivity index (χ1v) is 6.04. The summed E-state index contributed by atoms with van der Waals surface area (Å²) < 4.78 is 31.4. The molecule has 2 rings (SSSR count). The van der Waals surface area contributed by atoms with Gasteiger partial charge in [-0.3, -0.25) is 4.79 Å². The molecule has 4 nitrogen and oxygen atoms in total. The molecule has 1 unspecified atom stereocenters. The summed E-state index contributed by atoms with van der Waals surface area (Å²) in [5.74, 6) is -1.71. The summed E-state index contributed by atoms with van der Waals surface area (Å²) in [6.07, 6.45) is -0.150. The lowest BCUT2D eigenvalue weighted by atomic mass is 10.1. The Morgan fingerprint density at radius 3 is 2.95 bits per heavy atom. The minimum Gasteiger partial charge on any atom is -0.394 e. The van der Waals surface area contributed by atoms with Crippen LogP contribution in [0.3, 0.4) is 0 Å². The summed E-state index contributed by atoms with van der Waals surface area (Å²) in [6, 6.07) is 2.74. The van der Waals surface area contributed by atoms with Crippen LogP contribution in [0.4, 0.5) is 8.78 Å². The van der Waals surface area contributed by atoms with Crippen LogP contribution in [-0.4, -0.2) is 48.3 Å². The van der Waals surface area contributed by atoms with Crippen LogP contribution in [0.15, 0.2) is 18.2 Å². The monoisotopic (exact) mass is 271 g/mol. The zero-order valence-corrected chi connectivity index (χ0v) is 10.3. The van der Waals surface area contributed by atoms with Crippen molar-refractivity contribution in [2.45, 2.75) is 12.5 Å².